The van der Waals surface area contributed by atoms with E-state index in [1.807, 2.05) is 7.05 Å². The number of carbonyl (C=O) groups excluding carboxylic acids is 1. The molecular weight excluding hydrogens is 282 g/mol. The van der Waals surface area contributed by atoms with Gasteiger partial charge in [-0.3, -0.25) is 4.79 Å². The van der Waals surface area contributed by atoms with Gasteiger partial charge in [0.2, 0.25) is 0 Å². The average molecular weight is 302 g/mol. The molecule has 4 nitrogen and oxygen atoms in total. The zero-order chi connectivity index (χ0) is 12.9. The highest BCUT2D eigenvalue weighted by Gasteiger charge is 2.19. The molecule has 0 aromatic carbocycles. The van der Waals surface area contributed by atoms with Crippen molar-refractivity contribution in [2.75, 3.05) is 11.9 Å². The Bertz CT molecular complexity index is 374. The monoisotopic (exact) mass is 301 g/mol. The second-order valence-corrected chi connectivity index (χ2v) is 5.86. The van der Waals surface area contributed by atoms with Gasteiger partial charge in [0.1, 0.15) is 5.69 Å². The van der Waals surface area contributed by atoms with E-state index in [-0.39, 0.29) is 11.3 Å². The number of amides is 1. The molecule has 0 fully saturated rings. The standard InChI is InChI=1S/C12H20BrN3O/c1-12(2,5-4-6-13)8-14-11(17)10-7-16(3)9-15-10/h7,9H,4-6,8H2,1-3H3,(H,14,17). The Morgan fingerprint density at radius 1 is 1.59 bits per heavy atom. The third-order valence-corrected chi connectivity index (χ3v) is 3.21. The van der Waals surface area contributed by atoms with Gasteiger partial charge >= 0.3 is 0 Å². The van der Waals surface area contributed by atoms with Crippen molar-refractivity contribution in [3.05, 3.63) is 18.2 Å². The smallest absolute Gasteiger partial charge is 0.271 e. The minimum Gasteiger partial charge on any atom is -0.350 e. The number of nitrogens with zero attached hydrogens (tertiary/aromatic N) is 2. The maximum atomic E-state index is 11.8. The van der Waals surface area contributed by atoms with Crippen LogP contribution in [0.25, 0.3) is 0 Å². The lowest BCUT2D eigenvalue weighted by Gasteiger charge is -2.24. The maximum Gasteiger partial charge on any atom is 0.271 e. The SMILES string of the molecule is Cn1cnc(C(=O)NCC(C)(C)CCCBr)c1. The van der Waals surface area contributed by atoms with Crippen molar-refractivity contribution >= 4 is 21.8 Å². The predicted octanol–water partition coefficient (Wildman–Crippen LogP) is 2.35. The summed E-state index contributed by atoms with van der Waals surface area (Å²) in [5.41, 5.74) is 0.599. The number of aromatic nitrogens is 2. The lowest BCUT2D eigenvalue weighted by Crippen LogP contribution is -2.34. The number of alkyl halides is 1. The molecule has 17 heavy (non-hydrogen) atoms. The van der Waals surface area contributed by atoms with E-state index >= 15 is 0 Å². The molecule has 1 N–H and O–H groups in total. The van der Waals surface area contributed by atoms with Crippen LogP contribution in [-0.4, -0.2) is 27.3 Å². The lowest BCUT2D eigenvalue weighted by atomic mass is 9.88. The first-order chi connectivity index (χ1) is 7.94. The van der Waals surface area contributed by atoms with Crippen molar-refractivity contribution in [3.8, 4) is 0 Å². The highest BCUT2D eigenvalue weighted by molar-refractivity contribution is 9.09. The van der Waals surface area contributed by atoms with Gasteiger partial charge in [-0.05, 0) is 18.3 Å². The number of rotatable bonds is 6. The second-order valence-electron chi connectivity index (χ2n) is 5.06. The first-order valence-electron chi connectivity index (χ1n) is 5.77. The molecule has 0 saturated heterocycles. The Morgan fingerprint density at radius 2 is 2.29 bits per heavy atom. The van der Waals surface area contributed by atoms with Gasteiger partial charge in [-0.15, -0.1) is 0 Å². The largest absolute Gasteiger partial charge is 0.350 e. The summed E-state index contributed by atoms with van der Waals surface area (Å²) < 4.78 is 1.77. The third kappa shape index (κ3) is 4.89. The molecule has 0 spiro atoms. The highest BCUT2D eigenvalue weighted by Crippen LogP contribution is 2.21. The highest BCUT2D eigenvalue weighted by atomic mass is 79.9. The topological polar surface area (TPSA) is 46.9 Å². The minimum atomic E-state index is -0.0995. The van der Waals surface area contributed by atoms with E-state index in [4.69, 9.17) is 0 Å². The number of carbonyl (C=O) groups is 1. The molecule has 1 heterocycles. The summed E-state index contributed by atoms with van der Waals surface area (Å²) in [7, 11) is 1.85. The molecule has 96 valence electrons. The first kappa shape index (κ1) is 14.2. The van der Waals surface area contributed by atoms with Crippen molar-refractivity contribution in [2.45, 2.75) is 26.7 Å². The van der Waals surface area contributed by atoms with E-state index in [9.17, 15) is 4.79 Å². The summed E-state index contributed by atoms with van der Waals surface area (Å²) in [6, 6.07) is 0. The van der Waals surface area contributed by atoms with Crippen LogP contribution < -0.4 is 5.32 Å². The van der Waals surface area contributed by atoms with Crippen molar-refractivity contribution in [2.24, 2.45) is 12.5 Å². The van der Waals surface area contributed by atoms with Gasteiger partial charge < -0.3 is 9.88 Å². The normalized spacial score (nSPS) is 11.5. The van der Waals surface area contributed by atoms with Crippen LogP contribution >= 0.6 is 15.9 Å². The molecule has 0 atom stereocenters. The van der Waals surface area contributed by atoms with Crippen LogP contribution in [-0.2, 0) is 7.05 Å². The third-order valence-electron chi connectivity index (χ3n) is 2.65. The summed E-state index contributed by atoms with van der Waals surface area (Å²) in [5, 5.41) is 3.94. The van der Waals surface area contributed by atoms with E-state index in [1.165, 1.54) is 0 Å². The van der Waals surface area contributed by atoms with Crippen molar-refractivity contribution in [1.29, 1.82) is 0 Å². The fourth-order valence-corrected chi connectivity index (χ4v) is 1.85. The number of aryl methyl sites for hydroxylation is 1. The van der Waals surface area contributed by atoms with Gasteiger partial charge in [0.25, 0.3) is 5.91 Å². The molecule has 1 aromatic heterocycles. The summed E-state index contributed by atoms with van der Waals surface area (Å²) in [6.45, 7) is 5.00. The van der Waals surface area contributed by atoms with E-state index < -0.39 is 0 Å². The molecule has 0 unspecified atom stereocenters. The number of hydrogen-bond acceptors (Lipinski definition) is 2. The van der Waals surface area contributed by atoms with Gasteiger partial charge in [0.05, 0.1) is 6.33 Å². The Kier molecular flexibility index (Phi) is 5.18. The van der Waals surface area contributed by atoms with Crippen LogP contribution in [0.1, 0.15) is 37.2 Å². The Morgan fingerprint density at radius 3 is 2.82 bits per heavy atom. The van der Waals surface area contributed by atoms with Crippen molar-refractivity contribution < 1.29 is 4.79 Å². The Labute approximate surface area is 111 Å². The summed E-state index contributed by atoms with van der Waals surface area (Å²) in [5.74, 6) is -0.0995. The van der Waals surface area contributed by atoms with E-state index in [2.05, 4.69) is 40.1 Å². The molecule has 1 amide bonds. The molecule has 0 saturated carbocycles. The summed E-state index contributed by atoms with van der Waals surface area (Å²) in [4.78, 5) is 15.8. The van der Waals surface area contributed by atoms with Crippen LogP contribution in [0, 0.1) is 5.41 Å². The second kappa shape index (κ2) is 6.19. The van der Waals surface area contributed by atoms with Crippen LogP contribution in [0.2, 0.25) is 0 Å². The number of nitrogens with one attached hydrogen (secondary N) is 1. The quantitative estimate of drug-likeness (QED) is 0.820. The maximum absolute atomic E-state index is 11.8. The van der Waals surface area contributed by atoms with E-state index in [0.29, 0.717) is 12.2 Å². The average Bonchev–Trinajstić information content (AvgIpc) is 2.70. The van der Waals surface area contributed by atoms with Crippen LogP contribution in [0.5, 0.6) is 0 Å². The van der Waals surface area contributed by atoms with Gasteiger partial charge in [-0.2, -0.15) is 0 Å². The zero-order valence-electron chi connectivity index (χ0n) is 10.7. The molecule has 0 aliphatic carbocycles. The van der Waals surface area contributed by atoms with Gasteiger partial charge in [0, 0.05) is 25.1 Å². The first-order valence-corrected chi connectivity index (χ1v) is 6.89. The molecule has 1 rings (SSSR count). The fourth-order valence-electron chi connectivity index (χ4n) is 1.57. The summed E-state index contributed by atoms with van der Waals surface area (Å²) in [6.07, 6.45) is 5.55. The molecular formula is C12H20BrN3O. The summed E-state index contributed by atoms with van der Waals surface area (Å²) >= 11 is 3.42. The molecule has 1 aromatic rings. The van der Waals surface area contributed by atoms with Gasteiger partial charge in [-0.1, -0.05) is 29.8 Å². The Balaban J connectivity index is 2.42. The van der Waals surface area contributed by atoms with Gasteiger partial charge in [-0.25, -0.2) is 4.98 Å². The van der Waals surface area contributed by atoms with Crippen LogP contribution in [0.15, 0.2) is 12.5 Å². The van der Waals surface area contributed by atoms with Gasteiger partial charge in [0.15, 0.2) is 0 Å². The predicted molar refractivity (Wildman–Crippen MR) is 72.4 cm³/mol. The Hall–Kier alpha value is -0.840. The van der Waals surface area contributed by atoms with Crippen LogP contribution in [0.4, 0.5) is 0 Å². The van der Waals surface area contributed by atoms with E-state index in [0.717, 1.165) is 18.2 Å². The molecule has 0 radical (unpaired) electrons. The van der Waals surface area contributed by atoms with E-state index in [1.54, 1.807) is 17.1 Å². The molecule has 0 bridgehead atoms. The number of halogens is 1. The van der Waals surface area contributed by atoms with Crippen molar-refractivity contribution in [3.63, 3.8) is 0 Å². The minimum absolute atomic E-state index is 0.0995. The van der Waals surface area contributed by atoms with Crippen molar-refractivity contribution in [1.82, 2.24) is 14.9 Å². The zero-order valence-corrected chi connectivity index (χ0v) is 12.2. The lowest BCUT2D eigenvalue weighted by molar-refractivity contribution is 0.0930. The number of imidazole rings is 1. The van der Waals surface area contributed by atoms with Crippen LogP contribution in [0.3, 0.4) is 0 Å². The fraction of sp³-hybridized carbons (Fsp3) is 0.667. The molecule has 0 aliphatic heterocycles. The molecule has 0 aliphatic rings. The molecule has 5 heteroatoms. The number of hydrogen-bond donors (Lipinski definition) is 1.